The maximum atomic E-state index is 12.4. The van der Waals surface area contributed by atoms with Crippen molar-refractivity contribution in [3.05, 3.63) is 102 Å². The normalized spacial score (nSPS) is 12.8. The molecule has 9 heteroatoms. The monoisotopic (exact) mass is 606 g/mol. The molecule has 240 valence electrons. The van der Waals surface area contributed by atoms with E-state index in [9.17, 15) is 19.6 Å². The van der Waals surface area contributed by atoms with Crippen LogP contribution in [0.2, 0.25) is 0 Å². The van der Waals surface area contributed by atoms with E-state index in [2.05, 4.69) is 83.3 Å². The van der Waals surface area contributed by atoms with Crippen LogP contribution >= 0.6 is 0 Å². The minimum atomic E-state index is -0.744. The fraction of sp³-hybridized carbons (Fsp3) is 0.457. The first-order valence-corrected chi connectivity index (χ1v) is 15.5. The largest absolute Gasteiger partial charge is 0.618 e. The van der Waals surface area contributed by atoms with E-state index in [1.165, 1.54) is 13.3 Å². The highest BCUT2D eigenvalue weighted by atomic mass is 16.5. The van der Waals surface area contributed by atoms with Gasteiger partial charge in [0.15, 0.2) is 5.69 Å². The number of nitrogens with one attached hydrogen (secondary N) is 2. The molecule has 1 heterocycles. The van der Waals surface area contributed by atoms with Gasteiger partial charge in [-0.25, -0.2) is 9.78 Å². The Morgan fingerprint density at radius 2 is 1.43 bits per heavy atom. The van der Waals surface area contributed by atoms with E-state index in [1.807, 2.05) is 12.2 Å². The summed E-state index contributed by atoms with van der Waals surface area (Å²) >= 11 is 0. The molecule has 44 heavy (non-hydrogen) atoms. The molecule has 0 aliphatic rings. The molecule has 0 saturated carbocycles. The molecule has 1 rings (SSSR count). The van der Waals surface area contributed by atoms with Crippen LogP contribution in [0.4, 0.5) is 0 Å². The van der Waals surface area contributed by atoms with Crippen LogP contribution in [0.25, 0.3) is 0 Å². The second kappa shape index (κ2) is 25.2. The molecule has 9 nitrogen and oxygen atoms in total. The second-order valence-corrected chi connectivity index (χ2v) is 10.1. The van der Waals surface area contributed by atoms with E-state index in [-0.39, 0.29) is 18.0 Å². The first kappa shape index (κ1) is 37.8. The molecule has 1 atom stereocenters. The fourth-order valence-corrected chi connectivity index (χ4v) is 3.86. The third kappa shape index (κ3) is 19.0. The SMILES string of the molecule is CCC=CCC=CCC=CCC=CCC=CCC=CCCC(=O)NC(CCCCNC(=O)c1c[n+]([O-])c(C)cn1)C(=O)OC. The summed E-state index contributed by atoms with van der Waals surface area (Å²) in [5.41, 5.74) is 0.437. The Bertz CT molecular complexity index is 1170. The van der Waals surface area contributed by atoms with Gasteiger partial charge in [-0.05, 0) is 64.2 Å². The summed E-state index contributed by atoms with van der Waals surface area (Å²) < 4.78 is 5.43. The van der Waals surface area contributed by atoms with Gasteiger partial charge in [0.2, 0.25) is 17.8 Å². The van der Waals surface area contributed by atoms with Gasteiger partial charge >= 0.3 is 5.97 Å². The van der Waals surface area contributed by atoms with Crippen LogP contribution in [0, 0.1) is 12.1 Å². The number of carbonyl (C=O) groups excluding carboxylic acids is 3. The highest BCUT2D eigenvalue weighted by Crippen LogP contribution is 2.05. The number of hydrogen-bond acceptors (Lipinski definition) is 6. The van der Waals surface area contributed by atoms with Crippen molar-refractivity contribution in [3.8, 4) is 0 Å². The molecule has 0 aliphatic heterocycles. The van der Waals surface area contributed by atoms with Crippen LogP contribution in [0.3, 0.4) is 0 Å². The summed E-state index contributed by atoms with van der Waals surface area (Å²) in [5.74, 6) is -1.16. The van der Waals surface area contributed by atoms with Crippen molar-refractivity contribution in [2.24, 2.45) is 0 Å². The van der Waals surface area contributed by atoms with E-state index in [0.717, 1.165) is 44.7 Å². The van der Waals surface area contributed by atoms with E-state index < -0.39 is 17.9 Å². The van der Waals surface area contributed by atoms with Crippen molar-refractivity contribution in [1.29, 1.82) is 0 Å². The predicted molar refractivity (Wildman–Crippen MR) is 176 cm³/mol. The summed E-state index contributed by atoms with van der Waals surface area (Å²) in [6.07, 6.45) is 36.2. The minimum Gasteiger partial charge on any atom is -0.618 e. The van der Waals surface area contributed by atoms with E-state index >= 15 is 0 Å². The van der Waals surface area contributed by atoms with Gasteiger partial charge in [0.05, 0.1) is 13.3 Å². The number of ether oxygens (including phenoxy) is 1. The van der Waals surface area contributed by atoms with Gasteiger partial charge in [-0.2, -0.15) is 4.73 Å². The molecular formula is C35H50N4O5. The lowest BCUT2D eigenvalue weighted by atomic mass is 10.1. The quantitative estimate of drug-likeness (QED) is 0.0544. The highest BCUT2D eigenvalue weighted by molar-refractivity contribution is 5.91. The molecule has 0 radical (unpaired) electrons. The third-order valence-corrected chi connectivity index (χ3v) is 6.37. The van der Waals surface area contributed by atoms with Crippen LogP contribution in [0.15, 0.2) is 85.3 Å². The molecule has 2 N–H and O–H groups in total. The Morgan fingerprint density at radius 3 is 1.95 bits per heavy atom. The highest BCUT2D eigenvalue weighted by Gasteiger charge is 2.20. The molecule has 0 aromatic carbocycles. The van der Waals surface area contributed by atoms with Crippen molar-refractivity contribution in [2.45, 2.75) is 90.5 Å². The van der Waals surface area contributed by atoms with Crippen LogP contribution in [-0.4, -0.2) is 42.5 Å². The standard InChI is InChI=1S/C35H50N4O5/c1-4-5-6-7-8-9-10-11-12-13-14-15-16-17-18-19-20-21-22-26-33(40)38-31(35(42)44-3)25-23-24-27-36-34(41)32-29-39(43)30(2)28-37-32/h5-6,8-9,11-12,14-15,17-18,20-21,28-29,31H,4,7,10,13,16,19,22-27H2,1-3H3,(H,36,41)(H,38,40). The lowest BCUT2D eigenvalue weighted by molar-refractivity contribution is -0.613. The number of aryl methyl sites for hydroxylation is 1. The van der Waals surface area contributed by atoms with Crippen LogP contribution in [0.1, 0.15) is 93.7 Å². The van der Waals surface area contributed by atoms with Gasteiger partial charge in [0.25, 0.3) is 5.91 Å². The van der Waals surface area contributed by atoms with Gasteiger partial charge < -0.3 is 20.6 Å². The topological polar surface area (TPSA) is 124 Å². The molecule has 1 unspecified atom stereocenters. The predicted octanol–water partition coefficient (Wildman–Crippen LogP) is 6.06. The lowest BCUT2D eigenvalue weighted by Gasteiger charge is -2.16. The van der Waals surface area contributed by atoms with Crippen molar-refractivity contribution >= 4 is 17.8 Å². The van der Waals surface area contributed by atoms with Gasteiger partial charge in [0.1, 0.15) is 6.04 Å². The molecular weight excluding hydrogens is 556 g/mol. The van der Waals surface area contributed by atoms with Crippen LogP contribution in [0.5, 0.6) is 0 Å². The maximum Gasteiger partial charge on any atom is 0.328 e. The summed E-state index contributed by atoms with van der Waals surface area (Å²) in [4.78, 5) is 40.6. The number of nitrogens with zero attached hydrogens (tertiary/aromatic N) is 2. The average molecular weight is 607 g/mol. The number of unbranched alkanes of at least 4 members (excludes halogenated alkanes) is 1. The van der Waals surface area contributed by atoms with Gasteiger partial charge in [-0.1, -0.05) is 79.8 Å². The Hall–Kier alpha value is -4.27. The zero-order valence-electron chi connectivity index (χ0n) is 26.6. The van der Waals surface area contributed by atoms with Crippen LogP contribution < -0.4 is 15.4 Å². The van der Waals surface area contributed by atoms with Crippen molar-refractivity contribution in [1.82, 2.24) is 15.6 Å². The molecule has 2 amide bonds. The molecule has 1 aromatic rings. The molecule has 0 fully saturated rings. The average Bonchev–Trinajstić information content (AvgIpc) is 3.02. The number of allylic oxidation sites excluding steroid dienone is 12. The summed E-state index contributed by atoms with van der Waals surface area (Å²) in [6.45, 7) is 4.08. The molecule has 0 aliphatic carbocycles. The van der Waals surface area contributed by atoms with E-state index in [1.54, 1.807) is 6.92 Å². The molecule has 1 aromatic heterocycles. The zero-order valence-corrected chi connectivity index (χ0v) is 26.6. The maximum absolute atomic E-state index is 12.4. The van der Waals surface area contributed by atoms with Gasteiger partial charge in [0, 0.05) is 19.9 Å². The number of hydrogen-bond donors (Lipinski definition) is 2. The number of aromatic nitrogens is 2. The smallest absolute Gasteiger partial charge is 0.328 e. The van der Waals surface area contributed by atoms with E-state index in [4.69, 9.17) is 4.74 Å². The first-order chi connectivity index (χ1) is 21.4. The van der Waals surface area contributed by atoms with Crippen molar-refractivity contribution < 1.29 is 23.9 Å². The third-order valence-electron chi connectivity index (χ3n) is 6.37. The van der Waals surface area contributed by atoms with E-state index in [0.29, 0.717) is 42.7 Å². The molecule has 0 spiro atoms. The number of amides is 2. The fourth-order valence-electron chi connectivity index (χ4n) is 3.86. The number of rotatable bonds is 22. The Labute approximate surface area is 263 Å². The van der Waals surface area contributed by atoms with Crippen molar-refractivity contribution in [3.63, 3.8) is 0 Å². The summed E-state index contributed by atoms with van der Waals surface area (Å²) in [6, 6.07) is -0.744. The second-order valence-electron chi connectivity index (χ2n) is 10.1. The number of methoxy groups -OCH3 is 1. The lowest BCUT2D eigenvalue weighted by Crippen LogP contribution is -2.41. The summed E-state index contributed by atoms with van der Waals surface area (Å²) in [5, 5.41) is 17.1. The first-order valence-electron chi connectivity index (χ1n) is 15.5. The Kier molecular flexibility index (Phi) is 21.7. The Morgan fingerprint density at radius 1 is 0.886 bits per heavy atom. The Balaban J connectivity index is 2.19. The number of carbonyl (C=O) groups is 3. The molecule has 0 saturated heterocycles. The van der Waals surface area contributed by atoms with Crippen LogP contribution in [-0.2, 0) is 14.3 Å². The number of esters is 1. The minimum absolute atomic E-state index is 0.0391. The zero-order chi connectivity index (χ0) is 32.3. The van der Waals surface area contributed by atoms with Gasteiger partial charge in [-0.15, -0.1) is 0 Å². The van der Waals surface area contributed by atoms with Crippen molar-refractivity contribution in [2.75, 3.05) is 13.7 Å². The molecule has 0 bridgehead atoms. The summed E-state index contributed by atoms with van der Waals surface area (Å²) in [7, 11) is 1.29. The van der Waals surface area contributed by atoms with Gasteiger partial charge in [-0.3, -0.25) is 9.59 Å².